The van der Waals surface area contributed by atoms with Crippen LogP contribution in [0, 0.1) is 17.6 Å². The van der Waals surface area contributed by atoms with Gasteiger partial charge in [0, 0.05) is 44.4 Å². The number of likely N-dealkylation sites (N-methyl/N-ethyl adjacent to an activating group) is 1. The minimum atomic E-state index is -0.812. The Kier molecular flexibility index (Phi) is 5.92. The summed E-state index contributed by atoms with van der Waals surface area (Å²) < 4.78 is 27.1. The van der Waals surface area contributed by atoms with Crippen molar-refractivity contribution >= 4 is 23.2 Å². The number of carbonyl (C=O) groups is 2. The van der Waals surface area contributed by atoms with Crippen LogP contribution in [0.5, 0.6) is 0 Å². The van der Waals surface area contributed by atoms with Crippen molar-refractivity contribution < 1.29 is 18.4 Å². The second-order valence-corrected chi connectivity index (χ2v) is 7.04. The summed E-state index contributed by atoms with van der Waals surface area (Å²) in [7, 11) is 1.95. The van der Waals surface area contributed by atoms with E-state index in [2.05, 4.69) is 10.2 Å². The van der Waals surface area contributed by atoms with Crippen molar-refractivity contribution in [1.82, 2.24) is 5.32 Å². The van der Waals surface area contributed by atoms with E-state index in [9.17, 15) is 18.4 Å². The topological polar surface area (TPSA) is 52.7 Å². The van der Waals surface area contributed by atoms with Crippen molar-refractivity contribution in [3.8, 4) is 0 Å². The number of amides is 2. The SMILES string of the molecule is CC(CNC(=O)C1CC(=O)N(c2ccc(F)cc2F)C1)N(C)c1ccccc1. The number of hydrogen-bond donors (Lipinski definition) is 1. The Bertz CT molecular complexity index is 860. The highest BCUT2D eigenvalue weighted by molar-refractivity contribution is 6.00. The van der Waals surface area contributed by atoms with E-state index in [1.54, 1.807) is 0 Å². The molecule has 1 saturated heterocycles. The average Bonchev–Trinajstić information content (AvgIpc) is 3.07. The maximum atomic E-state index is 14.0. The lowest BCUT2D eigenvalue weighted by Gasteiger charge is -2.27. The van der Waals surface area contributed by atoms with Gasteiger partial charge in [-0.15, -0.1) is 0 Å². The second-order valence-electron chi connectivity index (χ2n) is 7.04. The number of halogens is 2. The first-order chi connectivity index (χ1) is 13.4. The number of anilines is 2. The predicted octanol–water partition coefficient (Wildman–Crippen LogP) is 2.96. The van der Waals surface area contributed by atoms with Gasteiger partial charge in [0.15, 0.2) is 0 Å². The molecule has 5 nitrogen and oxygen atoms in total. The van der Waals surface area contributed by atoms with Crippen molar-refractivity contribution in [3.05, 3.63) is 60.2 Å². The van der Waals surface area contributed by atoms with Crippen LogP contribution < -0.4 is 15.1 Å². The van der Waals surface area contributed by atoms with Gasteiger partial charge in [-0.25, -0.2) is 8.78 Å². The highest BCUT2D eigenvalue weighted by Gasteiger charge is 2.36. The van der Waals surface area contributed by atoms with Gasteiger partial charge in [-0.3, -0.25) is 9.59 Å². The van der Waals surface area contributed by atoms with Gasteiger partial charge in [-0.1, -0.05) is 18.2 Å². The van der Waals surface area contributed by atoms with Gasteiger partial charge in [0.05, 0.1) is 11.6 Å². The highest BCUT2D eigenvalue weighted by Crippen LogP contribution is 2.28. The van der Waals surface area contributed by atoms with Crippen LogP contribution in [-0.2, 0) is 9.59 Å². The molecule has 2 aromatic rings. The van der Waals surface area contributed by atoms with Crippen molar-refractivity contribution in [3.63, 3.8) is 0 Å². The van der Waals surface area contributed by atoms with Gasteiger partial charge < -0.3 is 15.1 Å². The molecule has 1 fully saturated rings. The summed E-state index contributed by atoms with van der Waals surface area (Å²) in [6, 6.07) is 12.9. The second kappa shape index (κ2) is 8.37. The van der Waals surface area contributed by atoms with Crippen LogP contribution in [0.25, 0.3) is 0 Å². The number of nitrogens with one attached hydrogen (secondary N) is 1. The third-order valence-electron chi connectivity index (χ3n) is 5.09. The number of para-hydroxylation sites is 1. The maximum absolute atomic E-state index is 14.0. The molecule has 7 heteroatoms. The summed E-state index contributed by atoms with van der Waals surface area (Å²) >= 11 is 0. The molecule has 0 radical (unpaired) electrons. The molecule has 1 aliphatic rings. The zero-order chi connectivity index (χ0) is 20.3. The number of hydrogen-bond acceptors (Lipinski definition) is 3. The Balaban J connectivity index is 1.57. The summed E-state index contributed by atoms with van der Waals surface area (Å²) in [6.45, 7) is 2.49. The quantitative estimate of drug-likeness (QED) is 0.829. The molecule has 28 heavy (non-hydrogen) atoms. The molecule has 2 amide bonds. The van der Waals surface area contributed by atoms with Crippen LogP contribution in [0.15, 0.2) is 48.5 Å². The molecule has 3 rings (SSSR count). The summed E-state index contributed by atoms with van der Waals surface area (Å²) in [5, 5.41) is 2.88. The third-order valence-corrected chi connectivity index (χ3v) is 5.09. The molecule has 2 unspecified atom stereocenters. The predicted molar refractivity (Wildman–Crippen MR) is 104 cm³/mol. The minimum Gasteiger partial charge on any atom is -0.370 e. The van der Waals surface area contributed by atoms with Crippen molar-refractivity contribution in [2.45, 2.75) is 19.4 Å². The first-order valence-corrected chi connectivity index (χ1v) is 9.18. The molecule has 0 saturated carbocycles. The zero-order valence-corrected chi connectivity index (χ0v) is 15.9. The molecule has 1 heterocycles. The van der Waals surface area contributed by atoms with E-state index in [-0.39, 0.29) is 36.5 Å². The fourth-order valence-electron chi connectivity index (χ4n) is 3.26. The zero-order valence-electron chi connectivity index (χ0n) is 15.9. The van der Waals surface area contributed by atoms with Crippen molar-refractivity contribution in [2.75, 3.05) is 29.9 Å². The van der Waals surface area contributed by atoms with Gasteiger partial charge in [-0.2, -0.15) is 0 Å². The lowest BCUT2D eigenvalue weighted by molar-refractivity contribution is -0.126. The van der Waals surface area contributed by atoms with Crippen LogP contribution in [0.2, 0.25) is 0 Å². The monoisotopic (exact) mass is 387 g/mol. The van der Waals surface area contributed by atoms with E-state index >= 15 is 0 Å². The lowest BCUT2D eigenvalue weighted by atomic mass is 10.1. The first kappa shape index (κ1) is 19.8. The Morgan fingerprint density at radius 3 is 2.64 bits per heavy atom. The van der Waals surface area contributed by atoms with Crippen LogP contribution in [0.3, 0.4) is 0 Å². The Labute approximate surface area is 162 Å². The summed E-state index contributed by atoms with van der Waals surface area (Å²) in [6.07, 6.45) is 0.00551. The smallest absolute Gasteiger partial charge is 0.227 e. The number of carbonyl (C=O) groups excluding carboxylic acids is 2. The molecular formula is C21H23F2N3O2. The molecule has 0 spiro atoms. The highest BCUT2D eigenvalue weighted by atomic mass is 19.1. The van der Waals surface area contributed by atoms with Crippen LogP contribution >= 0.6 is 0 Å². The Morgan fingerprint density at radius 1 is 1.25 bits per heavy atom. The molecule has 2 atom stereocenters. The number of rotatable bonds is 6. The van der Waals surface area contributed by atoms with Gasteiger partial charge >= 0.3 is 0 Å². The van der Waals surface area contributed by atoms with Gasteiger partial charge in [-0.05, 0) is 31.2 Å². The maximum Gasteiger partial charge on any atom is 0.227 e. The fraction of sp³-hybridized carbons (Fsp3) is 0.333. The Morgan fingerprint density at radius 2 is 1.96 bits per heavy atom. The molecule has 148 valence electrons. The summed E-state index contributed by atoms with van der Waals surface area (Å²) in [5.74, 6) is -2.68. The third kappa shape index (κ3) is 4.30. The van der Waals surface area contributed by atoms with Crippen molar-refractivity contribution in [2.24, 2.45) is 5.92 Å². The van der Waals surface area contributed by atoms with E-state index in [4.69, 9.17) is 0 Å². The molecule has 0 aromatic heterocycles. The Hall–Kier alpha value is -2.96. The lowest BCUT2D eigenvalue weighted by Crippen LogP contribution is -2.42. The van der Waals surface area contributed by atoms with Crippen LogP contribution in [-0.4, -0.2) is 38.0 Å². The van der Waals surface area contributed by atoms with E-state index in [1.807, 2.05) is 44.3 Å². The van der Waals surface area contributed by atoms with Gasteiger partial charge in [0.2, 0.25) is 11.8 Å². The normalized spacial score (nSPS) is 17.5. The van der Waals surface area contributed by atoms with E-state index in [0.717, 1.165) is 17.8 Å². The van der Waals surface area contributed by atoms with E-state index in [1.165, 1.54) is 11.0 Å². The number of benzene rings is 2. The van der Waals surface area contributed by atoms with E-state index < -0.39 is 17.6 Å². The summed E-state index contributed by atoms with van der Waals surface area (Å²) in [4.78, 5) is 28.0. The van der Waals surface area contributed by atoms with Crippen LogP contribution in [0.1, 0.15) is 13.3 Å². The van der Waals surface area contributed by atoms with Gasteiger partial charge in [0.1, 0.15) is 11.6 Å². The largest absolute Gasteiger partial charge is 0.370 e. The standard InChI is InChI=1S/C21H23F2N3O2/c1-14(25(2)17-6-4-3-5-7-17)12-24-21(28)15-10-20(27)26(13-15)19-9-8-16(22)11-18(19)23/h3-9,11,14-15H,10,12-13H2,1-2H3,(H,24,28). The van der Waals surface area contributed by atoms with Crippen molar-refractivity contribution in [1.29, 1.82) is 0 Å². The molecule has 0 bridgehead atoms. The average molecular weight is 387 g/mol. The van der Waals surface area contributed by atoms with E-state index in [0.29, 0.717) is 6.54 Å². The fourth-order valence-corrected chi connectivity index (χ4v) is 3.26. The molecule has 2 aromatic carbocycles. The number of nitrogens with zero attached hydrogens (tertiary/aromatic N) is 2. The molecule has 0 aliphatic carbocycles. The minimum absolute atomic E-state index is 0.00104. The van der Waals surface area contributed by atoms with Gasteiger partial charge in [0.25, 0.3) is 0 Å². The first-order valence-electron chi connectivity index (χ1n) is 9.18. The summed E-state index contributed by atoms with van der Waals surface area (Å²) in [5.41, 5.74) is 1.04. The van der Waals surface area contributed by atoms with Crippen LogP contribution in [0.4, 0.5) is 20.2 Å². The molecule has 1 N–H and O–H groups in total. The molecular weight excluding hydrogens is 364 g/mol. The molecule has 1 aliphatic heterocycles.